The number of hydrogen-bond donors (Lipinski definition) is 0. The molecule has 0 saturated carbocycles. The van der Waals surface area contributed by atoms with Gasteiger partial charge in [0.2, 0.25) is 5.91 Å². The molecule has 1 rings (SSSR count). The largest absolute Gasteiger partial charge is 0.460 e. The van der Waals surface area contributed by atoms with Gasteiger partial charge in [-0.1, -0.05) is 0 Å². The molecular weight excluding hydrogens is 146 g/mol. The second kappa shape index (κ2) is 3.23. The van der Waals surface area contributed by atoms with E-state index in [1.54, 1.807) is 19.1 Å². The molecule has 0 N–H and O–H groups in total. The van der Waals surface area contributed by atoms with Crippen molar-refractivity contribution in [3.63, 3.8) is 0 Å². The number of carbonyl (C=O) groups is 1. The molecule has 0 aromatic rings. The van der Waals surface area contributed by atoms with E-state index >= 15 is 0 Å². The van der Waals surface area contributed by atoms with Crippen molar-refractivity contribution in [2.45, 2.75) is 0 Å². The van der Waals surface area contributed by atoms with Gasteiger partial charge in [0.1, 0.15) is 6.54 Å². The zero-order valence-corrected chi connectivity index (χ0v) is 6.65. The van der Waals surface area contributed by atoms with Crippen molar-refractivity contribution in [2.75, 3.05) is 27.4 Å². The van der Waals surface area contributed by atoms with Crippen LogP contribution in [-0.4, -0.2) is 49.6 Å². The molecule has 1 heterocycles. The van der Waals surface area contributed by atoms with Crippen LogP contribution in [0.2, 0.25) is 0 Å². The SMILES string of the molecule is CN(C)C(=O)CN1COC=N1. The summed E-state index contributed by atoms with van der Waals surface area (Å²) in [6.45, 7) is 0.656. The molecular formula is C6H11N3O2. The third-order valence-corrected chi connectivity index (χ3v) is 1.33. The van der Waals surface area contributed by atoms with E-state index in [4.69, 9.17) is 4.74 Å². The molecule has 11 heavy (non-hydrogen) atoms. The minimum atomic E-state index is 0.0210. The van der Waals surface area contributed by atoms with Crippen LogP contribution in [0.4, 0.5) is 0 Å². The van der Waals surface area contributed by atoms with Crippen LogP contribution >= 0.6 is 0 Å². The van der Waals surface area contributed by atoms with Crippen molar-refractivity contribution in [1.82, 2.24) is 9.91 Å². The van der Waals surface area contributed by atoms with Gasteiger partial charge in [-0.2, -0.15) is 0 Å². The Kier molecular flexibility index (Phi) is 2.30. The lowest BCUT2D eigenvalue weighted by Crippen LogP contribution is -2.33. The maximum Gasteiger partial charge on any atom is 0.243 e. The van der Waals surface area contributed by atoms with Gasteiger partial charge in [-0.3, -0.25) is 4.79 Å². The monoisotopic (exact) mass is 157 g/mol. The van der Waals surface area contributed by atoms with Crippen LogP contribution < -0.4 is 0 Å². The van der Waals surface area contributed by atoms with Gasteiger partial charge < -0.3 is 9.64 Å². The molecule has 0 unspecified atom stereocenters. The molecule has 1 amide bonds. The first-order valence-corrected chi connectivity index (χ1v) is 3.29. The standard InChI is InChI=1S/C6H11N3O2/c1-8(2)6(10)3-9-5-11-4-7-9/h4H,3,5H2,1-2H3. The summed E-state index contributed by atoms with van der Waals surface area (Å²) < 4.78 is 4.80. The van der Waals surface area contributed by atoms with Crippen LogP contribution in [0.5, 0.6) is 0 Å². The van der Waals surface area contributed by atoms with Gasteiger partial charge in [0, 0.05) is 14.1 Å². The number of rotatable bonds is 2. The Morgan fingerprint density at radius 1 is 1.82 bits per heavy atom. The van der Waals surface area contributed by atoms with Crippen LogP contribution in [0.15, 0.2) is 5.10 Å². The molecule has 1 aliphatic heterocycles. The average Bonchev–Trinajstić information content (AvgIpc) is 2.39. The fourth-order valence-corrected chi connectivity index (χ4v) is 0.637. The van der Waals surface area contributed by atoms with E-state index in [0.717, 1.165) is 0 Å². The van der Waals surface area contributed by atoms with Gasteiger partial charge in [0.25, 0.3) is 0 Å². The zero-order valence-electron chi connectivity index (χ0n) is 6.65. The summed E-state index contributed by atoms with van der Waals surface area (Å²) >= 11 is 0. The van der Waals surface area contributed by atoms with Crippen molar-refractivity contribution in [3.05, 3.63) is 0 Å². The summed E-state index contributed by atoms with van der Waals surface area (Å²) in [4.78, 5) is 12.6. The second-order valence-electron chi connectivity index (χ2n) is 2.47. The Bertz CT molecular complexity index is 179. The fourth-order valence-electron chi connectivity index (χ4n) is 0.637. The lowest BCUT2D eigenvalue weighted by atomic mass is 10.5. The minimum absolute atomic E-state index is 0.0210. The van der Waals surface area contributed by atoms with Crippen LogP contribution in [0, 0.1) is 0 Å². The lowest BCUT2D eigenvalue weighted by Gasteiger charge is -2.14. The van der Waals surface area contributed by atoms with E-state index in [0.29, 0.717) is 6.73 Å². The smallest absolute Gasteiger partial charge is 0.243 e. The van der Waals surface area contributed by atoms with Crippen molar-refractivity contribution >= 4 is 12.3 Å². The van der Waals surface area contributed by atoms with E-state index in [9.17, 15) is 4.79 Å². The molecule has 5 heteroatoms. The van der Waals surface area contributed by atoms with Crippen molar-refractivity contribution < 1.29 is 9.53 Å². The van der Waals surface area contributed by atoms with E-state index in [1.165, 1.54) is 11.3 Å². The summed E-state index contributed by atoms with van der Waals surface area (Å²) in [6.07, 6.45) is 1.34. The zero-order chi connectivity index (χ0) is 8.27. The summed E-state index contributed by atoms with van der Waals surface area (Å²) in [5.41, 5.74) is 0. The van der Waals surface area contributed by atoms with Crippen molar-refractivity contribution in [3.8, 4) is 0 Å². The van der Waals surface area contributed by atoms with E-state index in [-0.39, 0.29) is 12.5 Å². The molecule has 0 aromatic carbocycles. The Hall–Kier alpha value is -1.26. The third-order valence-electron chi connectivity index (χ3n) is 1.33. The first-order chi connectivity index (χ1) is 5.20. The first-order valence-electron chi connectivity index (χ1n) is 3.29. The summed E-state index contributed by atoms with van der Waals surface area (Å²) in [7, 11) is 3.42. The van der Waals surface area contributed by atoms with Gasteiger partial charge in [0.05, 0.1) is 0 Å². The normalized spacial score (nSPS) is 14.9. The number of likely N-dealkylation sites (N-methyl/N-ethyl adjacent to an activating group) is 1. The highest BCUT2D eigenvalue weighted by atomic mass is 16.5. The third kappa shape index (κ3) is 2.10. The van der Waals surface area contributed by atoms with Crippen LogP contribution in [0.3, 0.4) is 0 Å². The molecule has 0 atom stereocenters. The predicted octanol–water partition coefficient (Wildman–Crippen LogP) is -0.692. The molecule has 0 fully saturated rings. The van der Waals surface area contributed by atoms with Crippen LogP contribution in [0.25, 0.3) is 0 Å². The van der Waals surface area contributed by atoms with Gasteiger partial charge in [-0.25, -0.2) is 5.01 Å². The van der Waals surface area contributed by atoms with Crippen LogP contribution in [-0.2, 0) is 9.53 Å². The summed E-state index contributed by atoms with van der Waals surface area (Å²) in [6, 6.07) is 0. The molecule has 0 bridgehead atoms. The quantitative estimate of drug-likeness (QED) is 0.533. The number of carbonyl (C=O) groups excluding carboxylic acids is 1. The fraction of sp³-hybridized carbons (Fsp3) is 0.667. The summed E-state index contributed by atoms with van der Waals surface area (Å²) in [5, 5.41) is 5.35. The number of ether oxygens (including phenoxy) is 1. The average molecular weight is 157 g/mol. The highest BCUT2D eigenvalue weighted by Gasteiger charge is 2.12. The van der Waals surface area contributed by atoms with Crippen molar-refractivity contribution in [2.24, 2.45) is 5.10 Å². The van der Waals surface area contributed by atoms with Gasteiger partial charge in [-0.05, 0) is 0 Å². The van der Waals surface area contributed by atoms with E-state index in [2.05, 4.69) is 5.10 Å². The molecule has 0 saturated heterocycles. The first kappa shape index (κ1) is 7.84. The van der Waals surface area contributed by atoms with Gasteiger partial charge in [0.15, 0.2) is 13.1 Å². The molecule has 62 valence electrons. The maximum absolute atomic E-state index is 11.1. The lowest BCUT2D eigenvalue weighted by molar-refractivity contribution is -0.130. The highest BCUT2D eigenvalue weighted by molar-refractivity contribution is 5.77. The van der Waals surface area contributed by atoms with Gasteiger partial charge in [-0.15, -0.1) is 5.10 Å². The predicted molar refractivity (Wildman–Crippen MR) is 39.8 cm³/mol. The molecule has 0 aromatic heterocycles. The highest BCUT2D eigenvalue weighted by Crippen LogP contribution is 1.96. The van der Waals surface area contributed by atoms with E-state index < -0.39 is 0 Å². The Balaban J connectivity index is 2.30. The van der Waals surface area contributed by atoms with Crippen LogP contribution in [0.1, 0.15) is 0 Å². The van der Waals surface area contributed by atoms with E-state index in [1.807, 2.05) is 0 Å². The number of hydrogen-bond acceptors (Lipinski definition) is 4. The van der Waals surface area contributed by atoms with Crippen molar-refractivity contribution in [1.29, 1.82) is 0 Å². The molecule has 0 radical (unpaired) electrons. The number of amides is 1. The Labute approximate surface area is 65.2 Å². The molecule has 0 aliphatic carbocycles. The Morgan fingerprint density at radius 2 is 2.55 bits per heavy atom. The molecule has 0 spiro atoms. The Morgan fingerprint density at radius 3 is 3.00 bits per heavy atom. The molecule has 1 aliphatic rings. The summed E-state index contributed by atoms with van der Waals surface area (Å²) in [5.74, 6) is 0.0210. The number of nitrogens with zero attached hydrogens (tertiary/aromatic N) is 3. The minimum Gasteiger partial charge on any atom is -0.460 e. The number of hydrazone groups is 1. The van der Waals surface area contributed by atoms with Gasteiger partial charge >= 0.3 is 0 Å². The second-order valence-corrected chi connectivity index (χ2v) is 2.47. The maximum atomic E-state index is 11.1. The topological polar surface area (TPSA) is 45.1 Å². The molecule has 5 nitrogen and oxygen atoms in total.